The quantitative estimate of drug-likeness (QED) is 0.214. The summed E-state index contributed by atoms with van der Waals surface area (Å²) < 4.78 is 45.1. The predicted molar refractivity (Wildman–Crippen MR) is 146 cm³/mol. The summed E-state index contributed by atoms with van der Waals surface area (Å²) in [4.78, 5) is 13.0. The molecule has 0 saturated heterocycles. The number of ether oxygens (including phenoxy) is 3. The van der Waals surface area contributed by atoms with Gasteiger partial charge in [0.2, 0.25) is 10.0 Å². The lowest BCUT2D eigenvalue weighted by molar-refractivity contribution is -0.152. The van der Waals surface area contributed by atoms with E-state index in [1.165, 1.54) is 46.1 Å². The van der Waals surface area contributed by atoms with Crippen LogP contribution in [0.5, 0.6) is 0 Å². The fourth-order valence-corrected chi connectivity index (χ4v) is 6.43. The number of carbonyl (C=O) groups excluding carboxylic acids is 1. The van der Waals surface area contributed by atoms with E-state index in [1.54, 1.807) is 22.8 Å². The van der Waals surface area contributed by atoms with Crippen LogP contribution in [0.4, 0.5) is 0 Å². The molecule has 0 aliphatic heterocycles. The van der Waals surface area contributed by atoms with E-state index in [2.05, 4.69) is 31.0 Å². The van der Waals surface area contributed by atoms with Gasteiger partial charge in [-0.05, 0) is 42.7 Å². The van der Waals surface area contributed by atoms with Gasteiger partial charge in [-0.3, -0.25) is 9.36 Å². The molecule has 0 bridgehead atoms. The van der Waals surface area contributed by atoms with Crippen molar-refractivity contribution in [1.29, 1.82) is 0 Å². The number of aromatic nitrogens is 3. The highest BCUT2D eigenvalue weighted by atomic mass is 32.2. The molecule has 2 aromatic rings. The summed E-state index contributed by atoms with van der Waals surface area (Å²) in [5.74, 6) is 1.58. The Balaban J connectivity index is 1.84. The number of rotatable bonds is 12. The van der Waals surface area contributed by atoms with Crippen molar-refractivity contribution >= 4 is 27.8 Å². The van der Waals surface area contributed by atoms with Crippen molar-refractivity contribution < 1.29 is 27.4 Å². The molecule has 1 aromatic carbocycles. The molecule has 212 valence electrons. The Hall–Kier alpha value is -1.99. The average Bonchev–Trinajstić information content (AvgIpc) is 3.28. The number of thioether (sulfide) groups is 1. The second kappa shape index (κ2) is 13.4. The molecule has 10 nitrogen and oxygen atoms in total. The zero-order valence-electron chi connectivity index (χ0n) is 23.3. The SMILES string of the molecule is COC(Cn1c(SCC(=O)O[C@@H]2C[C@H](C)CC[C@H]2C(C)C)nnc1-c1cccc(S(=O)(=O)N(C)C)c1)OC. The number of hydrogen-bond donors (Lipinski definition) is 0. The van der Waals surface area contributed by atoms with Crippen LogP contribution >= 0.6 is 11.8 Å². The second-order valence-corrected chi connectivity index (χ2v) is 13.4. The largest absolute Gasteiger partial charge is 0.461 e. The molecule has 0 radical (unpaired) electrons. The standard InChI is InChI=1S/C26H40N4O6S2/c1-17(2)21-12-11-18(3)13-22(21)36-23(31)16-37-26-28-27-25(30(26)15-24(34-6)35-7)19-9-8-10-20(14-19)38(32,33)29(4)5/h8-10,14,17-18,21-22,24H,11-13,15-16H2,1-7H3/t18-,21+,22-/m1/s1. The molecule has 1 aliphatic rings. The maximum absolute atomic E-state index is 12.9. The monoisotopic (exact) mass is 568 g/mol. The van der Waals surface area contributed by atoms with E-state index in [1.807, 2.05) is 0 Å². The molecule has 12 heteroatoms. The van der Waals surface area contributed by atoms with Crippen molar-refractivity contribution in [2.45, 2.75) is 69.0 Å². The Kier molecular flexibility index (Phi) is 10.8. The van der Waals surface area contributed by atoms with Gasteiger partial charge in [0.25, 0.3) is 0 Å². The van der Waals surface area contributed by atoms with E-state index in [9.17, 15) is 13.2 Å². The Labute approximate surface area is 230 Å². The molecule has 0 unspecified atom stereocenters. The molecule has 1 saturated carbocycles. The Morgan fingerprint density at radius 1 is 1.18 bits per heavy atom. The molecule has 1 heterocycles. The van der Waals surface area contributed by atoms with Crippen LogP contribution in [0, 0.1) is 17.8 Å². The molecule has 1 aliphatic carbocycles. The van der Waals surface area contributed by atoms with Gasteiger partial charge in [-0.25, -0.2) is 12.7 Å². The minimum absolute atomic E-state index is 0.0759. The summed E-state index contributed by atoms with van der Waals surface area (Å²) in [6, 6.07) is 6.52. The van der Waals surface area contributed by atoms with Crippen LogP contribution in [0.25, 0.3) is 11.4 Å². The Morgan fingerprint density at radius 2 is 1.89 bits per heavy atom. The highest BCUT2D eigenvalue weighted by molar-refractivity contribution is 7.99. The summed E-state index contributed by atoms with van der Waals surface area (Å²) in [6.07, 6.45) is 2.44. The van der Waals surface area contributed by atoms with Gasteiger partial charge < -0.3 is 14.2 Å². The fraction of sp³-hybridized carbons (Fsp3) is 0.654. The first kappa shape index (κ1) is 30.6. The molecule has 1 fully saturated rings. The summed E-state index contributed by atoms with van der Waals surface area (Å²) in [5.41, 5.74) is 0.566. The molecule has 1 aromatic heterocycles. The molecular formula is C26H40N4O6S2. The highest BCUT2D eigenvalue weighted by Gasteiger charge is 2.33. The highest BCUT2D eigenvalue weighted by Crippen LogP contribution is 2.36. The van der Waals surface area contributed by atoms with E-state index in [0.717, 1.165) is 23.6 Å². The predicted octanol–water partition coefficient (Wildman–Crippen LogP) is 3.91. The van der Waals surface area contributed by atoms with Gasteiger partial charge in [-0.2, -0.15) is 0 Å². The van der Waals surface area contributed by atoms with Gasteiger partial charge in [0, 0.05) is 33.9 Å². The lowest BCUT2D eigenvalue weighted by Gasteiger charge is -2.36. The smallest absolute Gasteiger partial charge is 0.316 e. The van der Waals surface area contributed by atoms with E-state index in [-0.39, 0.29) is 29.3 Å². The molecule has 3 rings (SSSR count). The zero-order chi connectivity index (χ0) is 28.0. The van der Waals surface area contributed by atoms with E-state index in [4.69, 9.17) is 14.2 Å². The third-order valence-corrected chi connectivity index (χ3v) is 9.76. The average molecular weight is 569 g/mol. The van der Waals surface area contributed by atoms with Crippen molar-refractivity contribution in [1.82, 2.24) is 19.1 Å². The molecule has 0 spiro atoms. The molecular weight excluding hydrogens is 528 g/mol. The van der Waals surface area contributed by atoms with Crippen LogP contribution in [-0.4, -0.2) is 79.9 Å². The number of sulfonamides is 1. The fourth-order valence-electron chi connectivity index (χ4n) is 4.75. The van der Waals surface area contributed by atoms with Gasteiger partial charge in [-0.15, -0.1) is 10.2 Å². The first-order valence-corrected chi connectivity index (χ1v) is 15.2. The maximum atomic E-state index is 12.9. The first-order chi connectivity index (χ1) is 18.0. The van der Waals surface area contributed by atoms with Crippen LogP contribution in [0.1, 0.15) is 40.0 Å². The molecule has 38 heavy (non-hydrogen) atoms. The number of carbonyl (C=O) groups is 1. The van der Waals surface area contributed by atoms with Crippen molar-refractivity contribution in [3.8, 4) is 11.4 Å². The zero-order valence-corrected chi connectivity index (χ0v) is 24.9. The van der Waals surface area contributed by atoms with Gasteiger partial charge in [0.05, 0.1) is 17.2 Å². The summed E-state index contributed by atoms with van der Waals surface area (Å²) in [5, 5.41) is 9.13. The van der Waals surface area contributed by atoms with E-state index < -0.39 is 16.3 Å². The summed E-state index contributed by atoms with van der Waals surface area (Å²) in [6.45, 7) is 6.81. The van der Waals surface area contributed by atoms with E-state index >= 15 is 0 Å². The normalized spacial score (nSPS) is 20.4. The van der Waals surface area contributed by atoms with Crippen LogP contribution in [0.15, 0.2) is 34.3 Å². The molecule has 3 atom stereocenters. The lowest BCUT2D eigenvalue weighted by atomic mass is 9.75. The van der Waals surface area contributed by atoms with Crippen LogP contribution in [0.3, 0.4) is 0 Å². The van der Waals surface area contributed by atoms with Crippen molar-refractivity contribution in [3.05, 3.63) is 24.3 Å². The Morgan fingerprint density at radius 3 is 2.53 bits per heavy atom. The molecule has 0 amide bonds. The van der Waals surface area contributed by atoms with Gasteiger partial charge >= 0.3 is 5.97 Å². The van der Waals surface area contributed by atoms with Gasteiger partial charge in [0.1, 0.15) is 6.10 Å². The van der Waals surface area contributed by atoms with Crippen molar-refractivity contribution in [3.63, 3.8) is 0 Å². The second-order valence-electron chi connectivity index (χ2n) is 10.3. The van der Waals surface area contributed by atoms with Crippen LogP contribution in [0.2, 0.25) is 0 Å². The number of nitrogens with zero attached hydrogens (tertiary/aromatic N) is 4. The topological polar surface area (TPSA) is 113 Å². The third-order valence-electron chi connectivity index (χ3n) is 7.01. The van der Waals surface area contributed by atoms with E-state index in [0.29, 0.717) is 34.3 Å². The Bertz CT molecular complexity index is 1180. The number of hydrogen-bond acceptors (Lipinski definition) is 9. The number of methoxy groups -OCH3 is 2. The van der Waals surface area contributed by atoms with Crippen LogP contribution in [-0.2, 0) is 35.6 Å². The third kappa shape index (κ3) is 7.35. The van der Waals surface area contributed by atoms with Gasteiger partial charge in [0.15, 0.2) is 17.3 Å². The van der Waals surface area contributed by atoms with Crippen molar-refractivity contribution in [2.75, 3.05) is 34.1 Å². The minimum atomic E-state index is -3.64. The van der Waals surface area contributed by atoms with Gasteiger partial charge in [-0.1, -0.05) is 51.1 Å². The number of benzene rings is 1. The molecule has 0 N–H and O–H groups in total. The maximum Gasteiger partial charge on any atom is 0.316 e. The number of esters is 1. The lowest BCUT2D eigenvalue weighted by Crippen LogP contribution is -2.36. The minimum Gasteiger partial charge on any atom is -0.461 e. The summed E-state index contributed by atoms with van der Waals surface area (Å²) >= 11 is 1.22. The summed E-state index contributed by atoms with van der Waals surface area (Å²) in [7, 11) is 2.39. The van der Waals surface area contributed by atoms with Crippen LogP contribution < -0.4 is 0 Å². The first-order valence-electron chi connectivity index (χ1n) is 12.8. The van der Waals surface area contributed by atoms with Crippen molar-refractivity contribution in [2.24, 2.45) is 17.8 Å².